The van der Waals surface area contributed by atoms with E-state index >= 15 is 0 Å². The number of hydrogen-bond donors (Lipinski definition) is 2. The summed E-state index contributed by atoms with van der Waals surface area (Å²) in [6, 6.07) is 9.30. The van der Waals surface area contributed by atoms with Crippen molar-refractivity contribution in [1.82, 2.24) is 30.1 Å². The first-order valence-electron chi connectivity index (χ1n) is 14.5. The average Bonchev–Trinajstić information content (AvgIpc) is 3.35. The second-order valence-electron chi connectivity index (χ2n) is 10.7. The summed E-state index contributed by atoms with van der Waals surface area (Å²) in [4.78, 5) is 34.4. The fraction of sp³-hybridized carbons (Fsp3) is 0.394. The summed E-state index contributed by atoms with van der Waals surface area (Å²) in [6.45, 7) is 10.6. The third-order valence-electron chi connectivity index (χ3n) is 6.75. The number of nitrogens with zero attached hydrogens (tertiary/aromatic N) is 4. The van der Waals surface area contributed by atoms with Gasteiger partial charge in [0.15, 0.2) is 0 Å². The van der Waals surface area contributed by atoms with Crippen LogP contribution in [0.4, 0.5) is 9.59 Å². The number of imidazole rings is 1. The number of aromatic nitrogens is 3. The summed E-state index contributed by atoms with van der Waals surface area (Å²) in [6.07, 6.45) is 15.1. The van der Waals surface area contributed by atoms with E-state index < -0.39 is 12.1 Å². The van der Waals surface area contributed by atoms with Crippen molar-refractivity contribution in [3.05, 3.63) is 82.2 Å². The Hall–Kier alpha value is -4.33. The molecule has 1 saturated heterocycles. The summed E-state index contributed by atoms with van der Waals surface area (Å²) in [5, 5.41) is 6.83. The molecular formula is C33H41ClN6O4. The molecule has 2 N–H and O–H groups in total. The number of carbonyl (C=O) groups excluding carboxylic acids is 2. The summed E-state index contributed by atoms with van der Waals surface area (Å²) < 4.78 is 12.3. The molecule has 10 nitrogen and oxygen atoms in total. The van der Waals surface area contributed by atoms with E-state index in [4.69, 9.17) is 21.1 Å². The Morgan fingerprint density at radius 2 is 1.77 bits per heavy atom. The van der Waals surface area contributed by atoms with Crippen molar-refractivity contribution in [2.45, 2.75) is 52.4 Å². The summed E-state index contributed by atoms with van der Waals surface area (Å²) in [5.74, 6) is 0. The van der Waals surface area contributed by atoms with Crippen molar-refractivity contribution in [2.24, 2.45) is 7.05 Å². The number of benzene rings is 1. The van der Waals surface area contributed by atoms with Gasteiger partial charge in [-0.2, -0.15) is 0 Å². The number of pyridine rings is 1. The molecule has 1 atom stereocenters. The second kappa shape index (κ2) is 16.5. The van der Waals surface area contributed by atoms with Gasteiger partial charge < -0.3 is 29.6 Å². The first kappa shape index (κ1) is 34.2. The molecule has 11 heteroatoms. The molecule has 1 aliphatic carbocycles. The van der Waals surface area contributed by atoms with Gasteiger partial charge in [0.25, 0.3) is 0 Å². The molecule has 1 unspecified atom stereocenters. The standard InChI is InChI=1S/C23H23ClN4O2.C8H16N2O2.C2H2/c1-14(2)30-23(29)27-22(21-12-25-13-28(21)3)19-9-16-5-4-8-26-20(16)10-15-6-7-17(24)11-18(15)19;1-7(2)12-8(11)10-5-3-9-4-6-10;1-2/h4-9,11-14,22H,10H2,1-3H3,(H,27,29);7,9H,3-6H2,1-2H3;1-2H. The first-order valence-corrected chi connectivity index (χ1v) is 14.9. The van der Waals surface area contributed by atoms with E-state index in [2.05, 4.69) is 39.5 Å². The lowest BCUT2D eigenvalue weighted by atomic mass is 9.92. The fourth-order valence-electron chi connectivity index (χ4n) is 4.81. The number of aryl methyl sites for hydroxylation is 1. The number of hydrogen-bond acceptors (Lipinski definition) is 7. The second-order valence-corrected chi connectivity index (χ2v) is 11.2. The van der Waals surface area contributed by atoms with Crippen LogP contribution < -0.4 is 10.6 Å². The largest absolute Gasteiger partial charge is 0.447 e. The number of amides is 2. The van der Waals surface area contributed by atoms with Crippen molar-refractivity contribution < 1.29 is 19.1 Å². The van der Waals surface area contributed by atoms with E-state index in [9.17, 15) is 9.59 Å². The molecule has 0 spiro atoms. The van der Waals surface area contributed by atoms with Crippen molar-refractivity contribution in [2.75, 3.05) is 26.2 Å². The van der Waals surface area contributed by atoms with Crippen LogP contribution in [0.3, 0.4) is 0 Å². The van der Waals surface area contributed by atoms with E-state index in [1.165, 1.54) is 0 Å². The van der Waals surface area contributed by atoms with Gasteiger partial charge in [-0.3, -0.25) is 4.98 Å². The van der Waals surface area contributed by atoms with E-state index in [-0.39, 0.29) is 18.3 Å². The smallest absolute Gasteiger partial charge is 0.410 e. The van der Waals surface area contributed by atoms with Gasteiger partial charge in [0, 0.05) is 50.9 Å². The minimum absolute atomic E-state index is 0.0209. The van der Waals surface area contributed by atoms with Crippen LogP contribution in [0.2, 0.25) is 5.02 Å². The van der Waals surface area contributed by atoms with Gasteiger partial charge in [0.05, 0.1) is 42.2 Å². The van der Waals surface area contributed by atoms with Gasteiger partial charge in [0.2, 0.25) is 0 Å². The van der Waals surface area contributed by atoms with Gasteiger partial charge in [-0.1, -0.05) is 23.7 Å². The zero-order valence-corrected chi connectivity index (χ0v) is 26.7. The highest BCUT2D eigenvalue weighted by Gasteiger charge is 2.28. The van der Waals surface area contributed by atoms with Crippen LogP contribution in [0, 0.1) is 12.8 Å². The zero-order chi connectivity index (χ0) is 32.2. The van der Waals surface area contributed by atoms with Gasteiger partial charge in [0.1, 0.15) is 0 Å². The molecule has 2 aromatic heterocycles. The zero-order valence-electron chi connectivity index (χ0n) is 25.9. The molecule has 1 aromatic carbocycles. The van der Waals surface area contributed by atoms with Crippen LogP contribution in [-0.2, 0) is 22.9 Å². The molecule has 1 fully saturated rings. The average molecular weight is 621 g/mol. The highest BCUT2D eigenvalue weighted by molar-refractivity contribution is 6.30. The number of ether oxygens (including phenoxy) is 2. The van der Waals surface area contributed by atoms with Crippen LogP contribution in [0.15, 0.2) is 49.1 Å². The quantitative estimate of drug-likeness (QED) is 0.364. The normalized spacial score (nSPS) is 14.3. The minimum Gasteiger partial charge on any atom is -0.447 e. The molecule has 5 rings (SSSR count). The number of nitrogens with one attached hydrogen (secondary N) is 2. The Balaban J connectivity index is 0.000000317. The Morgan fingerprint density at radius 1 is 1.07 bits per heavy atom. The molecule has 0 saturated carbocycles. The van der Waals surface area contributed by atoms with E-state index in [1.54, 1.807) is 23.6 Å². The third-order valence-corrected chi connectivity index (χ3v) is 6.99. The molecule has 2 amide bonds. The van der Waals surface area contributed by atoms with Gasteiger partial charge >= 0.3 is 12.2 Å². The Kier molecular flexibility index (Phi) is 12.8. The van der Waals surface area contributed by atoms with Crippen molar-refractivity contribution >= 4 is 35.4 Å². The van der Waals surface area contributed by atoms with Gasteiger partial charge in [-0.15, -0.1) is 12.8 Å². The molecular weight excluding hydrogens is 580 g/mol. The fourth-order valence-corrected chi connectivity index (χ4v) is 4.98. The number of halogens is 1. The monoisotopic (exact) mass is 620 g/mol. The maximum atomic E-state index is 12.6. The highest BCUT2D eigenvalue weighted by atomic mass is 35.5. The SMILES string of the molecule is C#C.CC(C)OC(=O)N1CCNCC1.CC(C)OC(=O)NC(C1=Cc2cccnc2Cc2ccc(Cl)cc21)c1cncn1C. The summed E-state index contributed by atoms with van der Waals surface area (Å²) in [5.41, 5.74) is 5.78. The lowest BCUT2D eigenvalue weighted by Crippen LogP contribution is -2.47. The topological polar surface area (TPSA) is 111 Å². The molecule has 0 radical (unpaired) electrons. The van der Waals surface area contributed by atoms with E-state index in [0.717, 1.165) is 59.8 Å². The van der Waals surface area contributed by atoms with Crippen LogP contribution in [0.25, 0.3) is 11.6 Å². The van der Waals surface area contributed by atoms with Crippen molar-refractivity contribution in [3.63, 3.8) is 0 Å². The highest BCUT2D eigenvalue weighted by Crippen LogP contribution is 2.38. The van der Waals surface area contributed by atoms with Crippen molar-refractivity contribution in [1.29, 1.82) is 0 Å². The third kappa shape index (κ3) is 9.33. The number of fused-ring (bicyclic) bond motifs is 2. The number of terminal acetylenes is 1. The molecule has 2 aliphatic rings. The minimum atomic E-state index is -0.490. The molecule has 3 aromatic rings. The van der Waals surface area contributed by atoms with Gasteiger partial charge in [-0.25, -0.2) is 14.6 Å². The molecule has 234 valence electrons. The molecule has 44 heavy (non-hydrogen) atoms. The van der Waals surface area contributed by atoms with Crippen LogP contribution in [0.1, 0.15) is 61.8 Å². The predicted molar refractivity (Wildman–Crippen MR) is 173 cm³/mol. The molecule has 0 bridgehead atoms. The maximum Gasteiger partial charge on any atom is 0.410 e. The number of carbonyl (C=O) groups is 2. The van der Waals surface area contributed by atoms with Crippen LogP contribution >= 0.6 is 11.6 Å². The summed E-state index contributed by atoms with van der Waals surface area (Å²) >= 11 is 6.37. The Morgan fingerprint density at radius 3 is 2.41 bits per heavy atom. The van der Waals surface area contributed by atoms with Crippen LogP contribution in [0.5, 0.6) is 0 Å². The van der Waals surface area contributed by atoms with E-state index in [1.807, 2.05) is 69.6 Å². The van der Waals surface area contributed by atoms with Gasteiger partial charge in [-0.05, 0) is 74.2 Å². The lowest BCUT2D eigenvalue weighted by molar-refractivity contribution is 0.0731. The van der Waals surface area contributed by atoms with Crippen LogP contribution in [-0.4, -0.2) is 70.0 Å². The maximum absolute atomic E-state index is 12.6. The van der Waals surface area contributed by atoms with Crippen molar-refractivity contribution in [3.8, 4) is 12.8 Å². The lowest BCUT2D eigenvalue weighted by Gasteiger charge is -2.27. The summed E-state index contributed by atoms with van der Waals surface area (Å²) in [7, 11) is 1.90. The number of rotatable bonds is 5. The first-order chi connectivity index (χ1) is 21.1. The van der Waals surface area contributed by atoms with E-state index in [0.29, 0.717) is 11.4 Å². The predicted octanol–water partition coefficient (Wildman–Crippen LogP) is 5.48. The molecule has 1 aliphatic heterocycles. The molecule has 3 heterocycles. The Labute approximate surface area is 264 Å². The Bertz CT molecular complexity index is 1460. The number of alkyl carbamates (subject to hydrolysis) is 1. The number of piperazine rings is 1.